The molecule has 0 aromatic carbocycles. The molecule has 0 amide bonds. The fourth-order valence-corrected chi connectivity index (χ4v) is 1.17. The topological polar surface area (TPSA) is 61.0 Å². The first kappa shape index (κ1) is 10.6. The number of halogens is 1. The molecule has 0 aliphatic carbocycles. The van der Waals surface area contributed by atoms with Crippen LogP contribution in [0, 0.1) is 3.57 Å². The zero-order valence-electron chi connectivity index (χ0n) is 7.62. The van der Waals surface area contributed by atoms with E-state index in [1.165, 1.54) is 0 Å². The number of nitrogens with zero attached hydrogens (tertiary/aromatic N) is 2. The predicted octanol–water partition coefficient (Wildman–Crippen LogP) is 1.76. The quantitative estimate of drug-likeness (QED) is 0.863. The first-order chi connectivity index (χ1) is 6.15. The van der Waals surface area contributed by atoms with Crippen LogP contribution < -0.4 is 5.73 Å². The summed E-state index contributed by atoms with van der Waals surface area (Å²) in [5, 5.41) is 0. The van der Waals surface area contributed by atoms with Crippen molar-refractivity contribution in [2.75, 3.05) is 12.3 Å². The lowest BCUT2D eigenvalue weighted by Gasteiger charge is -2.10. The van der Waals surface area contributed by atoms with Crippen molar-refractivity contribution in [3.05, 3.63) is 15.6 Å². The Morgan fingerprint density at radius 1 is 1.69 bits per heavy atom. The zero-order valence-corrected chi connectivity index (χ0v) is 9.78. The average molecular weight is 293 g/mol. The van der Waals surface area contributed by atoms with Crippen LogP contribution in [0.4, 0.5) is 5.82 Å². The van der Waals surface area contributed by atoms with E-state index in [1.807, 2.05) is 13.8 Å². The van der Waals surface area contributed by atoms with Crippen molar-refractivity contribution in [1.82, 2.24) is 9.97 Å². The second-order valence-electron chi connectivity index (χ2n) is 2.56. The van der Waals surface area contributed by atoms with Gasteiger partial charge in [-0.25, -0.2) is 9.97 Å². The van der Waals surface area contributed by atoms with Gasteiger partial charge in [0.25, 0.3) is 0 Å². The fourth-order valence-electron chi connectivity index (χ4n) is 0.915. The molecule has 0 saturated heterocycles. The molecule has 0 fully saturated rings. The van der Waals surface area contributed by atoms with E-state index in [1.54, 1.807) is 6.20 Å². The van der Waals surface area contributed by atoms with Crippen LogP contribution in [0.15, 0.2) is 6.20 Å². The third kappa shape index (κ3) is 2.77. The highest BCUT2D eigenvalue weighted by molar-refractivity contribution is 14.1. The fraction of sp³-hybridized carbons (Fsp3) is 0.500. The van der Waals surface area contributed by atoms with E-state index in [9.17, 15) is 0 Å². The molecular formula is C8H12IN3O. The molecule has 13 heavy (non-hydrogen) atoms. The van der Waals surface area contributed by atoms with E-state index < -0.39 is 0 Å². The molecule has 5 heteroatoms. The lowest BCUT2D eigenvalue weighted by molar-refractivity contribution is 0.0701. The average Bonchev–Trinajstić information content (AvgIpc) is 2.10. The maximum Gasteiger partial charge on any atom is 0.159 e. The van der Waals surface area contributed by atoms with Crippen LogP contribution in [0.3, 0.4) is 0 Å². The molecule has 2 N–H and O–H groups in total. The van der Waals surface area contributed by atoms with Gasteiger partial charge in [0.05, 0.1) is 3.57 Å². The van der Waals surface area contributed by atoms with Gasteiger partial charge in [0.1, 0.15) is 11.9 Å². The number of rotatable bonds is 3. The van der Waals surface area contributed by atoms with Gasteiger partial charge in [0.15, 0.2) is 5.82 Å². The number of nitrogens with two attached hydrogens (primary N) is 1. The van der Waals surface area contributed by atoms with Crippen molar-refractivity contribution in [2.24, 2.45) is 0 Å². The minimum absolute atomic E-state index is 0.0932. The van der Waals surface area contributed by atoms with Crippen molar-refractivity contribution in [1.29, 1.82) is 0 Å². The summed E-state index contributed by atoms with van der Waals surface area (Å²) in [5.41, 5.74) is 5.64. The van der Waals surface area contributed by atoms with Crippen molar-refractivity contribution >= 4 is 28.4 Å². The van der Waals surface area contributed by atoms with Crippen LogP contribution in [-0.4, -0.2) is 16.6 Å². The largest absolute Gasteiger partial charge is 0.383 e. The maximum atomic E-state index is 5.64. The van der Waals surface area contributed by atoms with Gasteiger partial charge < -0.3 is 10.5 Å². The summed E-state index contributed by atoms with van der Waals surface area (Å²) in [6.45, 7) is 4.49. The van der Waals surface area contributed by atoms with Gasteiger partial charge in [-0.2, -0.15) is 0 Å². The number of aromatic nitrogens is 2. The van der Waals surface area contributed by atoms with E-state index in [4.69, 9.17) is 10.5 Å². The number of anilines is 1. The van der Waals surface area contributed by atoms with Crippen LogP contribution in [0.1, 0.15) is 25.8 Å². The molecule has 1 aromatic rings. The Bertz CT molecular complexity index is 293. The molecule has 0 aliphatic heterocycles. The SMILES string of the molecule is CCOC(C)c1ncc(I)c(N)n1. The Kier molecular flexibility index (Phi) is 3.86. The second-order valence-corrected chi connectivity index (χ2v) is 3.72. The third-order valence-corrected chi connectivity index (χ3v) is 2.40. The third-order valence-electron chi connectivity index (χ3n) is 1.57. The summed E-state index contributed by atoms with van der Waals surface area (Å²) in [6.07, 6.45) is 1.61. The summed E-state index contributed by atoms with van der Waals surface area (Å²) in [5.74, 6) is 1.15. The zero-order chi connectivity index (χ0) is 9.84. The van der Waals surface area contributed by atoms with E-state index in [0.717, 1.165) is 3.57 Å². The summed E-state index contributed by atoms with van der Waals surface area (Å²) in [4.78, 5) is 8.26. The molecular weight excluding hydrogens is 281 g/mol. The highest BCUT2D eigenvalue weighted by Gasteiger charge is 2.09. The number of hydrogen-bond donors (Lipinski definition) is 1. The molecule has 0 radical (unpaired) electrons. The lowest BCUT2D eigenvalue weighted by Crippen LogP contribution is -2.07. The van der Waals surface area contributed by atoms with Crippen LogP contribution in [0.2, 0.25) is 0 Å². The van der Waals surface area contributed by atoms with Crippen molar-refractivity contribution in [3.8, 4) is 0 Å². The standard InChI is InChI=1S/C8H12IN3O/c1-3-13-5(2)8-11-4-6(9)7(10)12-8/h4-5H,3H2,1-2H3,(H2,10,11,12). The Morgan fingerprint density at radius 3 is 2.92 bits per heavy atom. The highest BCUT2D eigenvalue weighted by atomic mass is 127. The Labute approximate surface area is 91.0 Å². The highest BCUT2D eigenvalue weighted by Crippen LogP contribution is 2.16. The van der Waals surface area contributed by atoms with Gasteiger partial charge in [-0.05, 0) is 36.4 Å². The summed E-state index contributed by atoms with van der Waals surface area (Å²) >= 11 is 2.09. The van der Waals surface area contributed by atoms with Gasteiger partial charge in [0.2, 0.25) is 0 Å². The van der Waals surface area contributed by atoms with E-state index in [-0.39, 0.29) is 6.10 Å². The van der Waals surface area contributed by atoms with Gasteiger partial charge in [0, 0.05) is 12.8 Å². The minimum Gasteiger partial charge on any atom is -0.383 e. The van der Waals surface area contributed by atoms with E-state index in [2.05, 4.69) is 32.6 Å². The molecule has 1 rings (SSSR count). The molecule has 1 unspecified atom stereocenters. The molecule has 0 bridgehead atoms. The summed E-state index contributed by atoms with van der Waals surface area (Å²) in [7, 11) is 0. The van der Waals surface area contributed by atoms with Crippen LogP contribution in [-0.2, 0) is 4.74 Å². The number of hydrogen-bond acceptors (Lipinski definition) is 4. The van der Waals surface area contributed by atoms with Crippen LogP contribution in [0.5, 0.6) is 0 Å². The second kappa shape index (κ2) is 4.71. The molecule has 1 heterocycles. The van der Waals surface area contributed by atoms with Gasteiger partial charge >= 0.3 is 0 Å². The number of nitrogen functional groups attached to an aromatic ring is 1. The normalized spacial score (nSPS) is 12.8. The van der Waals surface area contributed by atoms with Gasteiger partial charge in [-0.1, -0.05) is 0 Å². The first-order valence-corrected chi connectivity index (χ1v) is 5.12. The van der Waals surface area contributed by atoms with Crippen molar-refractivity contribution in [3.63, 3.8) is 0 Å². The van der Waals surface area contributed by atoms with Crippen molar-refractivity contribution < 1.29 is 4.74 Å². The minimum atomic E-state index is -0.0932. The Hall–Kier alpha value is -0.430. The first-order valence-electron chi connectivity index (χ1n) is 4.04. The van der Waals surface area contributed by atoms with Crippen LogP contribution >= 0.6 is 22.6 Å². The Morgan fingerprint density at radius 2 is 2.38 bits per heavy atom. The molecule has 0 aliphatic rings. The van der Waals surface area contributed by atoms with Gasteiger partial charge in [-0.15, -0.1) is 0 Å². The molecule has 1 atom stereocenters. The smallest absolute Gasteiger partial charge is 0.159 e. The molecule has 0 spiro atoms. The predicted molar refractivity (Wildman–Crippen MR) is 59.2 cm³/mol. The molecule has 0 saturated carbocycles. The summed E-state index contributed by atoms with van der Waals surface area (Å²) in [6, 6.07) is 0. The van der Waals surface area contributed by atoms with Gasteiger partial charge in [-0.3, -0.25) is 0 Å². The van der Waals surface area contributed by atoms with Crippen molar-refractivity contribution in [2.45, 2.75) is 20.0 Å². The van der Waals surface area contributed by atoms with E-state index in [0.29, 0.717) is 18.2 Å². The summed E-state index contributed by atoms with van der Waals surface area (Å²) < 4.78 is 6.21. The van der Waals surface area contributed by atoms with Crippen LogP contribution in [0.25, 0.3) is 0 Å². The van der Waals surface area contributed by atoms with E-state index >= 15 is 0 Å². The molecule has 72 valence electrons. The molecule has 1 aromatic heterocycles. The molecule has 4 nitrogen and oxygen atoms in total. The lowest BCUT2D eigenvalue weighted by atomic mass is 10.3. The Balaban J connectivity index is 2.84. The number of ether oxygens (including phenoxy) is 1. The monoisotopic (exact) mass is 293 g/mol. The maximum absolute atomic E-state index is 5.64.